The summed E-state index contributed by atoms with van der Waals surface area (Å²) in [5.41, 5.74) is 9.91. The van der Waals surface area contributed by atoms with Gasteiger partial charge in [0.05, 0.1) is 7.11 Å². The van der Waals surface area contributed by atoms with E-state index >= 15 is 0 Å². The monoisotopic (exact) mass is 314 g/mol. The van der Waals surface area contributed by atoms with Crippen LogP contribution in [0.15, 0.2) is 36.4 Å². The van der Waals surface area contributed by atoms with Crippen molar-refractivity contribution in [2.45, 2.75) is 31.8 Å². The topological polar surface area (TPSA) is 47.3 Å². The number of fused-ring (bicyclic) bond motifs is 1. The SMILES string of the molecule is COc1ccc2c(c1F)CC[C@@H]2NCc1ccc(CCN)cc1. The van der Waals surface area contributed by atoms with Crippen molar-refractivity contribution in [3.63, 3.8) is 0 Å². The summed E-state index contributed by atoms with van der Waals surface area (Å²) in [7, 11) is 1.50. The van der Waals surface area contributed by atoms with Crippen molar-refractivity contribution in [1.29, 1.82) is 0 Å². The van der Waals surface area contributed by atoms with Crippen molar-refractivity contribution < 1.29 is 9.13 Å². The van der Waals surface area contributed by atoms with Crippen LogP contribution < -0.4 is 15.8 Å². The molecule has 0 radical (unpaired) electrons. The molecule has 0 spiro atoms. The maximum absolute atomic E-state index is 14.3. The molecule has 0 fully saturated rings. The Hall–Kier alpha value is -1.91. The van der Waals surface area contributed by atoms with Crippen molar-refractivity contribution in [2.75, 3.05) is 13.7 Å². The van der Waals surface area contributed by atoms with E-state index in [1.165, 1.54) is 18.2 Å². The second-order valence-corrected chi connectivity index (χ2v) is 5.98. The van der Waals surface area contributed by atoms with Gasteiger partial charge in [-0.25, -0.2) is 4.39 Å². The van der Waals surface area contributed by atoms with E-state index in [0.717, 1.165) is 36.9 Å². The predicted molar refractivity (Wildman–Crippen MR) is 90.1 cm³/mol. The Morgan fingerprint density at radius 3 is 2.61 bits per heavy atom. The number of benzene rings is 2. The van der Waals surface area contributed by atoms with E-state index in [1.54, 1.807) is 6.07 Å². The van der Waals surface area contributed by atoms with Crippen LogP contribution in [0, 0.1) is 5.82 Å². The lowest BCUT2D eigenvalue weighted by atomic mass is 10.1. The molecule has 0 bridgehead atoms. The van der Waals surface area contributed by atoms with Gasteiger partial charge in [-0.3, -0.25) is 0 Å². The maximum Gasteiger partial charge on any atom is 0.168 e. The minimum absolute atomic E-state index is 0.203. The maximum atomic E-state index is 14.3. The first-order valence-corrected chi connectivity index (χ1v) is 8.09. The third kappa shape index (κ3) is 3.38. The molecule has 0 saturated carbocycles. The summed E-state index contributed by atoms with van der Waals surface area (Å²) in [4.78, 5) is 0. The standard InChI is InChI=1S/C19H23FN2O/c1-23-18-9-7-15-16(19(18)20)6-8-17(15)22-12-14-4-2-13(3-5-14)10-11-21/h2-5,7,9,17,22H,6,8,10-12,21H2,1H3/t17-/m0/s1. The van der Waals surface area contributed by atoms with Crippen LogP contribution in [0.4, 0.5) is 4.39 Å². The van der Waals surface area contributed by atoms with Crippen molar-refractivity contribution >= 4 is 0 Å². The van der Waals surface area contributed by atoms with Gasteiger partial charge < -0.3 is 15.8 Å². The average Bonchev–Trinajstić information content (AvgIpc) is 2.99. The molecule has 1 atom stereocenters. The van der Waals surface area contributed by atoms with Gasteiger partial charge in [-0.2, -0.15) is 0 Å². The number of ether oxygens (including phenoxy) is 1. The molecule has 122 valence electrons. The Morgan fingerprint density at radius 2 is 1.91 bits per heavy atom. The molecule has 23 heavy (non-hydrogen) atoms. The van der Waals surface area contributed by atoms with Gasteiger partial charge in [0.25, 0.3) is 0 Å². The fourth-order valence-corrected chi connectivity index (χ4v) is 3.24. The van der Waals surface area contributed by atoms with E-state index in [1.807, 2.05) is 6.07 Å². The highest BCUT2D eigenvalue weighted by molar-refractivity contribution is 5.42. The first-order chi connectivity index (χ1) is 11.2. The van der Waals surface area contributed by atoms with Crippen LogP contribution >= 0.6 is 0 Å². The first kappa shape index (κ1) is 16.0. The van der Waals surface area contributed by atoms with Gasteiger partial charge in [0, 0.05) is 12.6 Å². The molecule has 3 N–H and O–H groups in total. The molecule has 1 aliphatic rings. The number of halogens is 1. The quantitative estimate of drug-likeness (QED) is 0.861. The summed E-state index contributed by atoms with van der Waals surface area (Å²) in [6.45, 7) is 1.45. The van der Waals surface area contributed by atoms with Gasteiger partial charge in [-0.1, -0.05) is 30.3 Å². The largest absolute Gasteiger partial charge is 0.494 e. The van der Waals surface area contributed by atoms with Crippen LogP contribution in [-0.4, -0.2) is 13.7 Å². The van der Waals surface area contributed by atoms with E-state index in [2.05, 4.69) is 29.6 Å². The molecule has 4 heteroatoms. The van der Waals surface area contributed by atoms with Gasteiger partial charge in [-0.15, -0.1) is 0 Å². The number of hydrogen-bond acceptors (Lipinski definition) is 3. The number of methoxy groups -OCH3 is 1. The average molecular weight is 314 g/mol. The molecular formula is C19H23FN2O. The van der Waals surface area contributed by atoms with Crippen LogP contribution in [0.3, 0.4) is 0 Å². The molecule has 0 heterocycles. The van der Waals surface area contributed by atoms with E-state index in [9.17, 15) is 4.39 Å². The third-order valence-corrected chi connectivity index (χ3v) is 4.53. The summed E-state index contributed by atoms with van der Waals surface area (Å²) in [5.74, 6) is 0.125. The van der Waals surface area contributed by atoms with Gasteiger partial charge in [0.2, 0.25) is 0 Å². The molecule has 0 aromatic heterocycles. The normalized spacial score (nSPS) is 16.4. The fourth-order valence-electron chi connectivity index (χ4n) is 3.24. The molecule has 1 aliphatic carbocycles. The van der Waals surface area contributed by atoms with Crippen molar-refractivity contribution in [2.24, 2.45) is 5.73 Å². The lowest BCUT2D eigenvalue weighted by Gasteiger charge is -2.15. The first-order valence-electron chi connectivity index (χ1n) is 8.09. The van der Waals surface area contributed by atoms with E-state index in [4.69, 9.17) is 10.5 Å². The second-order valence-electron chi connectivity index (χ2n) is 5.98. The molecule has 2 aromatic rings. The molecule has 0 aliphatic heterocycles. The van der Waals surface area contributed by atoms with Crippen LogP contribution in [0.2, 0.25) is 0 Å². The highest BCUT2D eigenvalue weighted by Gasteiger charge is 2.26. The van der Waals surface area contributed by atoms with Gasteiger partial charge in [0.15, 0.2) is 11.6 Å². The summed E-state index contributed by atoms with van der Waals surface area (Å²) in [6, 6.07) is 12.4. The molecule has 0 amide bonds. The number of rotatable bonds is 6. The number of hydrogen-bond donors (Lipinski definition) is 2. The zero-order chi connectivity index (χ0) is 16.2. The third-order valence-electron chi connectivity index (χ3n) is 4.53. The number of nitrogens with two attached hydrogens (primary N) is 1. The molecule has 3 nitrogen and oxygen atoms in total. The molecule has 3 rings (SSSR count). The van der Waals surface area contributed by atoms with Crippen LogP contribution in [0.5, 0.6) is 5.75 Å². The van der Waals surface area contributed by atoms with Crippen molar-refractivity contribution in [1.82, 2.24) is 5.32 Å². The Morgan fingerprint density at radius 1 is 1.17 bits per heavy atom. The molecular weight excluding hydrogens is 291 g/mol. The van der Waals surface area contributed by atoms with Crippen molar-refractivity contribution in [3.8, 4) is 5.75 Å². The van der Waals surface area contributed by atoms with Crippen molar-refractivity contribution in [3.05, 3.63) is 64.5 Å². The van der Waals surface area contributed by atoms with Crippen LogP contribution in [0.1, 0.15) is 34.7 Å². The summed E-state index contributed by atoms with van der Waals surface area (Å²) in [5, 5.41) is 3.54. The molecule has 0 saturated heterocycles. The van der Waals surface area contributed by atoms with Crippen LogP contribution in [-0.2, 0) is 19.4 Å². The van der Waals surface area contributed by atoms with Gasteiger partial charge >= 0.3 is 0 Å². The highest BCUT2D eigenvalue weighted by atomic mass is 19.1. The zero-order valence-electron chi connectivity index (χ0n) is 13.4. The summed E-state index contributed by atoms with van der Waals surface area (Å²) in [6.07, 6.45) is 2.58. The Labute approximate surface area is 136 Å². The molecule has 2 aromatic carbocycles. The molecule has 0 unspecified atom stereocenters. The van der Waals surface area contributed by atoms with E-state index < -0.39 is 0 Å². The minimum Gasteiger partial charge on any atom is -0.494 e. The van der Waals surface area contributed by atoms with E-state index in [-0.39, 0.29) is 11.9 Å². The van der Waals surface area contributed by atoms with Crippen LogP contribution in [0.25, 0.3) is 0 Å². The zero-order valence-corrected chi connectivity index (χ0v) is 13.4. The summed E-state index contributed by atoms with van der Waals surface area (Å²) >= 11 is 0. The Kier molecular flexibility index (Phi) is 4.94. The van der Waals surface area contributed by atoms with Gasteiger partial charge in [0.1, 0.15) is 0 Å². The Bertz CT molecular complexity index is 670. The van der Waals surface area contributed by atoms with E-state index in [0.29, 0.717) is 12.3 Å². The number of nitrogens with one attached hydrogen (secondary N) is 1. The predicted octanol–water partition coefficient (Wildman–Crippen LogP) is 3.11. The minimum atomic E-state index is -0.208. The summed E-state index contributed by atoms with van der Waals surface area (Å²) < 4.78 is 19.3. The smallest absolute Gasteiger partial charge is 0.168 e. The van der Waals surface area contributed by atoms with Gasteiger partial charge in [-0.05, 0) is 54.1 Å². The second kappa shape index (κ2) is 7.11. The fraction of sp³-hybridized carbons (Fsp3) is 0.368. The Balaban J connectivity index is 1.66. The highest BCUT2D eigenvalue weighted by Crippen LogP contribution is 2.36. The lowest BCUT2D eigenvalue weighted by Crippen LogP contribution is -2.18. The lowest BCUT2D eigenvalue weighted by molar-refractivity contribution is 0.384.